The van der Waals surface area contributed by atoms with E-state index in [9.17, 15) is 9.59 Å². The fourth-order valence-corrected chi connectivity index (χ4v) is 4.68. The number of aromatic nitrogens is 1. The van der Waals surface area contributed by atoms with E-state index >= 15 is 0 Å². The third-order valence-corrected chi connectivity index (χ3v) is 6.69. The normalized spacial score (nSPS) is 17.8. The molecule has 0 aliphatic carbocycles. The van der Waals surface area contributed by atoms with Crippen LogP contribution in [0.1, 0.15) is 50.2 Å². The maximum Gasteiger partial charge on any atom is 0.271 e. The summed E-state index contributed by atoms with van der Waals surface area (Å²) in [6.07, 6.45) is 1.56. The van der Waals surface area contributed by atoms with E-state index in [1.165, 1.54) is 0 Å². The highest BCUT2D eigenvalue weighted by Gasteiger charge is 2.47. The second-order valence-corrected chi connectivity index (χ2v) is 9.67. The van der Waals surface area contributed by atoms with E-state index in [-0.39, 0.29) is 11.8 Å². The summed E-state index contributed by atoms with van der Waals surface area (Å²) in [6.45, 7) is 10.2. The van der Waals surface area contributed by atoms with E-state index in [2.05, 4.69) is 19.2 Å². The van der Waals surface area contributed by atoms with Crippen LogP contribution in [0.5, 0.6) is 5.75 Å². The maximum atomic E-state index is 13.8. The zero-order valence-corrected chi connectivity index (χ0v) is 20.6. The van der Waals surface area contributed by atoms with Crippen LogP contribution < -0.4 is 10.1 Å². The second kappa shape index (κ2) is 9.92. The fourth-order valence-electron chi connectivity index (χ4n) is 4.68. The number of para-hydroxylation sites is 1. The molecule has 1 N–H and O–H groups in total. The van der Waals surface area contributed by atoms with Crippen LogP contribution in [-0.2, 0) is 17.8 Å². The minimum atomic E-state index is -0.978. The van der Waals surface area contributed by atoms with Gasteiger partial charge in [-0.3, -0.25) is 9.59 Å². The molecule has 6 heteroatoms. The molecule has 2 heterocycles. The number of amides is 2. The molecule has 0 saturated heterocycles. The third kappa shape index (κ3) is 4.67. The summed E-state index contributed by atoms with van der Waals surface area (Å²) in [5.74, 6) is 1.13. The summed E-state index contributed by atoms with van der Waals surface area (Å²) >= 11 is 0. The average Bonchev–Trinajstić information content (AvgIpc) is 3.18. The molecule has 1 aliphatic heterocycles. The van der Waals surface area contributed by atoms with Crippen molar-refractivity contribution < 1.29 is 14.3 Å². The SMILES string of the molecule is CCOc1ccc(CCN2C(=O)c3cc4ccccc4n3C[C@@]2(C)C(=O)NCCC(C)C)cc1. The first-order chi connectivity index (χ1) is 16.3. The van der Waals surface area contributed by atoms with Gasteiger partial charge < -0.3 is 19.5 Å². The first-order valence-corrected chi connectivity index (χ1v) is 12.2. The molecule has 0 saturated carbocycles. The summed E-state index contributed by atoms with van der Waals surface area (Å²) in [5.41, 5.74) is 1.75. The number of fused-ring (bicyclic) bond motifs is 3. The highest BCUT2D eigenvalue weighted by molar-refractivity contribution is 6.03. The van der Waals surface area contributed by atoms with Gasteiger partial charge in [0.2, 0.25) is 5.91 Å². The highest BCUT2D eigenvalue weighted by Crippen LogP contribution is 2.32. The van der Waals surface area contributed by atoms with Crippen LogP contribution in [0, 0.1) is 5.92 Å². The molecule has 1 atom stereocenters. The predicted octanol–water partition coefficient (Wildman–Crippen LogP) is 4.66. The fraction of sp³-hybridized carbons (Fsp3) is 0.429. The topological polar surface area (TPSA) is 63.6 Å². The van der Waals surface area contributed by atoms with Gasteiger partial charge in [0.15, 0.2) is 0 Å². The van der Waals surface area contributed by atoms with Crippen molar-refractivity contribution in [3.05, 3.63) is 65.9 Å². The van der Waals surface area contributed by atoms with Crippen molar-refractivity contribution in [3.63, 3.8) is 0 Å². The molecule has 2 amide bonds. The number of carbonyl (C=O) groups is 2. The maximum absolute atomic E-state index is 13.8. The Morgan fingerprint density at radius 2 is 1.88 bits per heavy atom. The number of hydrogen-bond acceptors (Lipinski definition) is 3. The van der Waals surface area contributed by atoms with Gasteiger partial charge in [-0.1, -0.05) is 44.2 Å². The molecule has 0 bridgehead atoms. The number of nitrogens with zero attached hydrogens (tertiary/aromatic N) is 2. The van der Waals surface area contributed by atoms with Crippen LogP contribution in [-0.4, -0.2) is 46.5 Å². The monoisotopic (exact) mass is 461 g/mol. The Labute approximate surface area is 201 Å². The van der Waals surface area contributed by atoms with Crippen molar-refractivity contribution in [2.75, 3.05) is 19.7 Å². The predicted molar refractivity (Wildman–Crippen MR) is 135 cm³/mol. The summed E-state index contributed by atoms with van der Waals surface area (Å²) in [7, 11) is 0. The zero-order chi connectivity index (χ0) is 24.3. The number of benzene rings is 2. The molecule has 0 spiro atoms. The number of nitrogens with one attached hydrogen (secondary N) is 1. The van der Waals surface area contributed by atoms with Crippen LogP contribution in [0.4, 0.5) is 0 Å². The first kappa shape index (κ1) is 23.9. The molecule has 1 aliphatic rings. The molecule has 0 radical (unpaired) electrons. The molecule has 180 valence electrons. The number of rotatable bonds is 9. The van der Waals surface area contributed by atoms with Gasteiger partial charge in [-0.15, -0.1) is 0 Å². The number of carbonyl (C=O) groups excluding carboxylic acids is 2. The smallest absolute Gasteiger partial charge is 0.271 e. The van der Waals surface area contributed by atoms with Crippen LogP contribution in [0.15, 0.2) is 54.6 Å². The highest BCUT2D eigenvalue weighted by atomic mass is 16.5. The summed E-state index contributed by atoms with van der Waals surface area (Å²) < 4.78 is 7.55. The second-order valence-electron chi connectivity index (χ2n) is 9.67. The summed E-state index contributed by atoms with van der Waals surface area (Å²) in [4.78, 5) is 29.0. The average molecular weight is 462 g/mol. The van der Waals surface area contributed by atoms with Gasteiger partial charge >= 0.3 is 0 Å². The molecule has 0 unspecified atom stereocenters. The third-order valence-electron chi connectivity index (χ3n) is 6.69. The Morgan fingerprint density at radius 3 is 2.59 bits per heavy atom. The lowest BCUT2D eigenvalue weighted by Crippen LogP contribution is -2.64. The Morgan fingerprint density at radius 1 is 1.15 bits per heavy atom. The molecule has 3 aromatic rings. The van der Waals surface area contributed by atoms with Crippen molar-refractivity contribution >= 4 is 22.7 Å². The molecule has 34 heavy (non-hydrogen) atoms. The largest absolute Gasteiger partial charge is 0.494 e. The van der Waals surface area contributed by atoms with Crippen molar-refractivity contribution in [3.8, 4) is 5.75 Å². The van der Waals surface area contributed by atoms with E-state index in [4.69, 9.17) is 4.74 Å². The Kier molecular flexibility index (Phi) is 6.96. The summed E-state index contributed by atoms with van der Waals surface area (Å²) in [5, 5.41) is 4.12. The van der Waals surface area contributed by atoms with Crippen LogP contribution in [0.3, 0.4) is 0 Å². The van der Waals surface area contributed by atoms with Gasteiger partial charge in [0, 0.05) is 24.0 Å². The Balaban J connectivity index is 1.62. The van der Waals surface area contributed by atoms with E-state index < -0.39 is 5.54 Å². The number of hydrogen-bond donors (Lipinski definition) is 1. The summed E-state index contributed by atoms with van der Waals surface area (Å²) in [6, 6.07) is 17.9. The van der Waals surface area contributed by atoms with Gasteiger partial charge in [0.1, 0.15) is 17.0 Å². The van der Waals surface area contributed by atoms with Crippen LogP contribution in [0.2, 0.25) is 0 Å². The van der Waals surface area contributed by atoms with E-state index in [1.807, 2.05) is 73.0 Å². The number of ether oxygens (including phenoxy) is 1. The lowest BCUT2D eigenvalue weighted by atomic mass is 9.93. The zero-order valence-electron chi connectivity index (χ0n) is 20.6. The van der Waals surface area contributed by atoms with Crippen molar-refractivity contribution in [2.45, 2.75) is 52.6 Å². The molecular weight excluding hydrogens is 426 g/mol. The van der Waals surface area contributed by atoms with E-state index in [1.54, 1.807) is 4.90 Å². The first-order valence-electron chi connectivity index (χ1n) is 12.2. The van der Waals surface area contributed by atoms with Crippen LogP contribution in [0.25, 0.3) is 10.9 Å². The van der Waals surface area contributed by atoms with Gasteiger partial charge in [-0.25, -0.2) is 0 Å². The minimum absolute atomic E-state index is 0.100. The molecular formula is C28H35N3O3. The quantitative estimate of drug-likeness (QED) is 0.504. The lowest BCUT2D eigenvalue weighted by Gasteiger charge is -2.44. The van der Waals surface area contributed by atoms with Gasteiger partial charge in [0.25, 0.3) is 5.91 Å². The molecule has 6 nitrogen and oxygen atoms in total. The molecule has 4 rings (SSSR count). The van der Waals surface area contributed by atoms with Gasteiger partial charge in [-0.05, 0) is 62.4 Å². The van der Waals surface area contributed by atoms with E-state index in [0.717, 1.165) is 28.6 Å². The van der Waals surface area contributed by atoms with Gasteiger partial charge in [-0.2, -0.15) is 0 Å². The molecule has 2 aromatic carbocycles. The van der Waals surface area contributed by atoms with Gasteiger partial charge in [0.05, 0.1) is 13.2 Å². The van der Waals surface area contributed by atoms with Crippen molar-refractivity contribution in [1.82, 2.24) is 14.8 Å². The Bertz CT molecular complexity index is 1170. The Hall–Kier alpha value is -3.28. The molecule has 1 aromatic heterocycles. The lowest BCUT2D eigenvalue weighted by molar-refractivity contribution is -0.132. The molecule has 0 fully saturated rings. The standard InChI is InChI=1S/C28H35N3O3/c1-5-34-23-12-10-21(11-13-23)15-17-31-26(32)25-18-22-8-6-7-9-24(22)30(25)19-28(31,4)27(33)29-16-14-20(2)3/h6-13,18,20H,5,14-17,19H2,1-4H3,(H,29,33)/t28-/m0/s1. The van der Waals surface area contributed by atoms with Crippen molar-refractivity contribution in [1.29, 1.82) is 0 Å². The van der Waals surface area contributed by atoms with Crippen molar-refractivity contribution in [2.24, 2.45) is 5.92 Å². The minimum Gasteiger partial charge on any atom is -0.494 e. The van der Waals surface area contributed by atoms with E-state index in [0.29, 0.717) is 44.3 Å². The van der Waals surface area contributed by atoms with Crippen LogP contribution >= 0.6 is 0 Å².